The highest BCUT2D eigenvalue weighted by Gasteiger charge is 2.09. The summed E-state index contributed by atoms with van der Waals surface area (Å²) in [7, 11) is 0. The van der Waals surface area contributed by atoms with Crippen LogP contribution in [0.3, 0.4) is 0 Å². The molecule has 0 unspecified atom stereocenters. The van der Waals surface area contributed by atoms with Crippen molar-refractivity contribution >= 4 is 35.0 Å². The van der Waals surface area contributed by atoms with E-state index in [0.717, 1.165) is 5.56 Å². The molecule has 2 rings (SSSR count). The van der Waals surface area contributed by atoms with E-state index in [0.29, 0.717) is 12.1 Å². The standard InChI is InChI=1S/C17H16N4O3S/c22-16(11-10-14-8-4-5-9-15(14)21(23)24)19-20-17(25)18-12-13-6-2-1-3-7-13/h1-11H,12H2,(H,19,22)(H2,18,20,25)/b11-10+. The summed E-state index contributed by atoms with van der Waals surface area (Å²) in [5, 5.41) is 14.1. The van der Waals surface area contributed by atoms with Crippen LogP contribution in [-0.2, 0) is 11.3 Å². The van der Waals surface area contributed by atoms with Crippen LogP contribution < -0.4 is 16.2 Å². The number of benzene rings is 2. The summed E-state index contributed by atoms with van der Waals surface area (Å²) in [6, 6.07) is 15.8. The highest BCUT2D eigenvalue weighted by molar-refractivity contribution is 7.80. The molecule has 0 fully saturated rings. The number of hydrazine groups is 1. The summed E-state index contributed by atoms with van der Waals surface area (Å²) in [5.41, 5.74) is 6.27. The number of nitro benzene ring substituents is 1. The lowest BCUT2D eigenvalue weighted by Crippen LogP contribution is -2.45. The Morgan fingerprint density at radius 2 is 1.76 bits per heavy atom. The Morgan fingerprint density at radius 3 is 2.48 bits per heavy atom. The SMILES string of the molecule is O=C(/C=C/c1ccccc1[N+](=O)[O-])NNC(=S)NCc1ccccc1. The van der Waals surface area contributed by atoms with E-state index in [1.807, 2.05) is 30.3 Å². The summed E-state index contributed by atoms with van der Waals surface area (Å²) in [6.45, 7) is 0.522. The van der Waals surface area contributed by atoms with Gasteiger partial charge in [-0.2, -0.15) is 0 Å². The Balaban J connectivity index is 1.80. The number of carbonyl (C=O) groups is 1. The number of nitrogens with zero attached hydrogens (tertiary/aromatic N) is 1. The van der Waals surface area contributed by atoms with Crippen LogP contribution in [-0.4, -0.2) is 15.9 Å². The number of rotatable bonds is 5. The first-order chi connectivity index (χ1) is 12.1. The molecule has 2 aromatic rings. The fourth-order valence-corrected chi connectivity index (χ4v) is 2.07. The minimum atomic E-state index is -0.502. The molecule has 0 radical (unpaired) electrons. The lowest BCUT2D eigenvalue weighted by molar-refractivity contribution is -0.385. The number of nitrogens with one attached hydrogen (secondary N) is 3. The molecule has 0 saturated carbocycles. The van der Waals surface area contributed by atoms with Gasteiger partial charge in [-0.05, 0) is 29.9 Å². The van der Waals surface area contributed by atoms with Crippen LogP contribution in [0.2, 0.25) is 0 Å². The van der Waals surface area contributed by atoms with Crippen LogP contribution in [0, 0.1) is 10.1 Å². The van der Waals surface area contributed by atoms with E-state index in [9.17, 15) is 14.9 Å². The maximum atomic E-state index is 11.8. The van der Waals surface area contributed by atoms with Crippen molar-refractivity contribution in [2.45, 2.75) is 6.54 Å². The van der Waals surface area contributed by atoms with Crippen molar-refractivity contribution in [1.29, 1.82) is 0 Å². The fraction of sp³-hybridized carbons (Fsp3) is 0.0588. The number of amides is 1. The highest BCUT2D eigenvalue weighted by Crippen LogP contribution is 2.18. The third-order valence-corrected chi connectivity index (χ3v) is 3.39. The van der Waals surface area contributed by atoms with Gasteiger partial charge in [0, 0.05) is 18.7 Å². The Labute approximate surface area is 149 Å². The predicted octanol–water partition coefficient (Wildman–Crippen LogP) is 2.30. The Morgan fingerprint density at radius 1 is 1.08 bits per heavy atom. The van der Waals surface area contributed by atoms with Gasteiger partial charge in [0.2, 0.25) is 0 Å². The van der Waals surface area contributed by atoms with Gasteiger partial charge in [-0.1, -0.05) is 42.5 Å². The average molecular weight is 356 g/mol. The van der Waals surface area contributed by atoms with Crippen molar-refractivity contribution in [3.63, 3.8) is 0 Å². The molecular weight excluding hydrogens is 340 g/mol. The highest BCUT2D eigenvalue weighted by atomic mass is 32.1. The van der Waals surface area contributed by atoms with Crippen LogP contribution in [0.1, 0.15) is 11.1 Å². The number of hydrogen-bond acceptors (Lipinski definition) is 4. The summed E-state index contributed by atoms with van der Waals surface area (Å²) in [6.07, 6.45) is 2.56. The van der Waals surface area contributed by atoms with Gasteiger partial charge in [-0.15, -0.1) is 0 Å². The van der Waals surface area contributed by atoms with Crippen molar-refractivity contribution in [3.05, 3.63) is 81.9 Å². The summed E-state index contributed by atoms with van der Waals surface area (Å²) in [4.78, 5) is 22.2. The van der Waals surface area contributed by atoms with Crippen LogP contribution in [0.15, 0.2) is 60.7 Å². The topological polar surface area (TPSA) is 96.3 Å². The fourth-order valence-electron chi connectivity index (χ4n) is 1.94. The molecule has 0 aliphatic rings. The van der Waals surface area contributed by atoms with E-state index in [4.69, 9.17) is 12.2 Å². The zero-order chi connectivity index (χ0) is 18.1. The van der Waals surface area contributed by atoms with Crippen molar-refractivity contribution in [3.8, 4) is 0 Å². The first-order valence-electron chi connectivity index (χ1n) is 7.35. The van der Waals surface area contributed by atoms with Gasteiger partial charge in [0.25, 0.3) is 11.6 Å². The van der Waals surface area contributed by atoms with E-state index >= 15 is 0 Å². The Hall–Kier alpha value is -3.26. The van der Waals surface area contributed by atoms with Crippen molar-refractivity contribution in [2.75, 3.05) is 0 Å². The van der Waals surface area contributed by atoms with E-state index < -0.39 is 10.8 Å². The lowest BCUT2D eigenvalue weighted by atomic mass is 10.1. The van der Waals surface area contributed by atoms with Gasteiger partial charge in [0.1, 0.15) is 0 Å². The molecule has 2 aromatic carbocycles. The molecule has 0 atom stereocenters. The van der Waals surface area contributed by atoms with Gasteiger partial charge in [0.05, 0.1) is 10.5 Å². The number of para-hydroxylation sites is 1. The molecule has 1 amide bonds. The molecule has 0 aliphatic carbocycles. The second kappa shape index (κ2) is 9.14. The predicted molar refractivity (Wildman–Crippen MR) is 99.3 cm³/mol. The summed E-state index contributed by atoms with van der Waals surface area (Å²) in [5.74, 6) is -0.484. The second-order valence-electron chi connectivity index (χ2n) is 4.93. The molecule has 8 heteroatoms. The average Bonchev–Trinajstić information content (AvgIpc) is 2.64. The molecule has 0 heterocycles. The van der Waals surface area contributed by atoms with Crippen LogP contribution >= 0.6 is 12.2 Å². The molecule has 0 bridgehead atoms. The number of hydrogen-bond donors (Lipinski definition) is 3. The number of carbonyl (C=O) groups excluding carboxylic acids is 1. The van der Waals surface area contributed by atoms with Crippen LogP contribution in [0.5, 0.6) is 0 Å². The zero-order valence-electron chi connectivity index (χ0n) is 13.1. The molecule has 3 N–H and O–H groups in total. The molecule has 7 nitrogen and oxygen atoms in total. The summed E-state index contributed by atoms with van der Waals surface area (Å²) >= 11 is 5.05. The molecule has 128 valence electrons. The first-order valence-corrected chi connectivity index (χ1v) is 7.76. The molecule has 0 saturated heterocycles. The van der Waals surface area contributed by atoms with Crippen molar-refractivity contribution in [2.24, 2.45) is 0 Å². The smallest absolute Gasteiger partial charge is 0.276 e. The first kappa shape index (κ1) is 18.1. The van der Waals surface area contributed by atoms with Gasteiger partial charge in [-0.25, -0.2) is 0 Å². The van der Waals surface area contributed by atoms with Gasteiger partial charge >= 0.3 is 0 Å². The van der Waals surface area contributed by atoms with E-state index in [-0.39, 0.29) is 10.8 Å². The lowest BCUT2D eigenvalue weighted by Gasteiger charge is -2.10. The molecule has 0 aliphatic heterocycles. The number of thiocarbonyl (C=S) groups is 1. The van der Waals surface area contributed by atoms with Crippen LogP contribution in [0.4, 0.5) is 5.69 Å². The monoisotopic (exact) mass is 356 g/mol. The largest absolute Gasteiger partial charge is 0.357 e. The number of nitro groups is 1. The van der Waals surface area contributed by atoms with Gasteiger partial charge < -0.3 is 5.32 Å². The maximum Gasteiger partial charge on any atom is 0.276 e. The van der Waals surface area contributed by atoms with Crippen molar-refractivity contribution < 1.29 is 9.72 Å². The molecule has 25 heavy (non-hydrogen) atoms. The third-order valence-electron chi connectivity index (χ3n) is 3.14. The third kappa shape index (κ3) is 6.04. The quantitative estimate of drug-likeness (QED) is 0.329. The molecular formula is C17H16N4O3S. The summed E-state index contributed by atoms with van der Waals surface area (Å²) < 4.78 is 0. The van der Waals surface area contributed by atoms with E-state index in [1.165, 1.54) is 18.2 Å². The Kier molecular flexibility index (Phi) is 6.61. The van der Waals surface area contributed by atoms with Gasteiger partial charge in [0.15, 0.2) is 5.11 Å². The zero-order valence-corrected chi connectivity index (χ0v) is 14.0. The van der Waals surface area contributed by atoms with E-state index in [2.05, 4.69) is 16.2 Å². The van der Waals surface area contributed by atoms with Gasteiger partial charge in [-0.3, -0.25) is 25.8 Å². The van der Waals surface area contributed by atoms with E-state index in [1.54, 1.807) is 18.2 Å². The minimum Gasteiger partial charge on any atom is -0.357 e. The normalized spacial score (nSPS) is 10.2. The maximum absolute atomic E-state index is 11.8. The minimum absolute atomic E-state index is 0.0699. The molecule has 0 aromatic heterocycles. The molecule has 0 spiro atoms. The van der Waals surface area contributed by atoms with Crippen molar-refractivity contribution in [1.82, 2.24) is 16.2 Å². The van der Waals surface area contributed by atoms with Crippen LogP contribution in [0.25, 0.3) is 6.08 Å². The second-order valence-corrected chi connectivity index (χ2v) is 5.34. The Bertz CT molecular complexity index is 793.